The Labute approximate surface area is 61.1 Å². The maximum absolute atomic E-state index is 5.32. The van der Waals surface area contributed by atoms with E-state index in [1.54, 1.807) is 0 Å². The molecule has 0 saturated carbocycles. The van der Waals surface area contributed by atoms with Gasteiger partial charge < -0.3 is 15.4 Å². The zero-order chi connectivity index (χ0) is 6.81. The van der Waals surface area contributed by atoms with E-state index in [1.807, 2.05) is 0 Å². The average Bonchev–Trinajstić information content (AvgIpc) is 1.89. The second-order valence-electron chi connectivity index (χ2n) is 2.98. The summed E-state index contributed by atoms with van der Waals surface area (Å²) in [7, 11) is 0. The van der Waals surface area contributed by atoms with E-state index >= 15 is 0 Å². The van der Waals surface area contributed by atoms with Gasteiger partial charge in [0.25, 0.3) is 0 Å². The third kappa shape index (κ3) is 1.17. The molecule has 0 amide bonds. The van der Waals surface area contributed by atoms with Crippen molar-refractivity contribution in [2.45, 2.75) is 18.5 Å². The first-order chi connectivity index (χ1) is 4.97. The molecule has 2 fully saturated rings. The van der Waals surface area contributed by atoms with Gasteiger partial charge in [0.2, 0.25) is 0 Å². The highest BCUT2D eigenvalue weighted by molar-refractivity contribution is 4.94. The molecule has 10 heavy (non-hydrogen) atoms. The fraction of sp³-hybridized carbons (Fsp3) is 1.00. The lowest BCUT2D eigenvalue weighted by molar-refractivity contribution is 0.0824. The van der Waals surface area contributed by atoms with Gasteiger partial charge in [-0.05, 0) is 6.42 Å². The Kier molecular flexibility index (Phi) is 1.88. The molecule has 0 aromatic carbocycles. The Hall–Kier alpha value is -0.120. The smallest absolute Gasteiger partial charge is 0.0591 e. The van der Waals surface area contributed by atoms with Crippen molar-refractivity contribution in [2.24, 2.45) is 0 Å². The molecule has 0 aromatic heterocycles. The quantitative estimate of drug-likeness (QED) is 0.471. The molecule has 0 aliphatic carbocycles. The van der Waals surface area contributed by atoms with Gasteiger partial charge in [-0.15, -0.1) is 0 Å². The van der Waals surface area contributed by atoms with E-state index in [-0.39, 0.29) is 0 Å². The number of nitrogens with one attached hydrogen (secondary N) is 2. The second kappa shape index (κ2) is 2.86. The third-order valence-electron chi connectivity index (χ3n) is 2.31. The predicted molar refractivity (Wildman–Crippen MR) is 39.0 cm³/mol. The number of hydrogen-bond donors (Lipinski definition) is 2. The molecule has 58 valence electrons. The number of hydrogen-bond acceptors (Lipinski definition) is 3. The van der Waals surface area contributed by atoms with Gasteiger partial charge in [0.05, 0.1) is 6.61 Å². The minimum absolute atomic E-state index is 0.681. The fourth-order valence-corrected chi connectivity index (χ4v) is 1.55. The molecule has 0 bridgehead atoms. The van der Waals surface area contributed by atoms with Crippen molar-refractivity contribution in [1.29, 1.82) is 0 Å². The fourth-order valence-electron chi connectivity index (χ4n) is 1.55. The Bertz CT molecular complexity index is 104. The van der Waals surface area contributed by atoms with Gasteiger partial charge in [0.1, 0.15) is 0 Å². The molecule has 2 rings (SSSR count). The number of rotatable bonds is 0. The number of ether oxygens (including phenoxy) is 1. The van der Waals surface area contributed by atoms with Crippen LogP contribution in [0.4, 0.5) is 0 Å². The average molecular weight is 142 g/mol. The lowest BCUT2D eigenvalue weighted by Gasteiger charge is -2.40. The summed E-state index contributed by atoms with van der Waals surface area (Å²) in [5, 5.41) is 6.81. The molecule has 2 aliphatic rings. The molecule has 2 saturated heterocycles. The molecule has 0 aromatic rings. The lowest BCUT2D eigenvalue weighted by atomic mass is 9.97. The van der Waals surface area contributed by atoms with Crippen LogP contribution in [-0.2, 0) is 4.74 Å². The van der Waals surface area contributed by atoms with Crippen LogP contribution in [0.1, 0.15) is 6.42 Å². The van der Waals surface area contributed by atoms with E-state index in [4.69, 9.17) is 4.74 Å². The van der Waals surface area contributed by atoms with Crippen molar-refractivity contribution in [3.05, 3.63) is 0 Å². The van der Waals surface area contributed by atoms with Crippen molar-refractivity contribution in [1.82, 2.24) is 10.6 Å². The first kappa shape index (κ1) is 6.58. The second-order valence-corrected chi connectivity index (χ2v) is 2.98. The van der Waals surface area contributed by atoms with Crippen molar-refractivity contribution in [3.63, 3.8) is 0 Å². The molecule has 0 spiro atoms. The highest BCUT2D eigenvalue weighted by Crippen LogP contribution is 2.09. The summed E-state index contributed by atoms with van der Waals surface area (Å²) in [6, 6.07) is 1.41. The Morgan fingerprint density at radius 3 is 2.90 bits per heavy atom. The molecule has 3 heteroatoms. The third-order valence-corrected chi connectivity index (χ3v) is 2.31. The van der Waals surface area contributed by atoms with E-state index in [9.17, 15) is 0 Å². The molecule has 2 unspecified atom stereocenters. The van der Waals surface area contributed by atoms with Crippen LogP contribution in [0.3, 0.4) is 0 Å². The maximum Gasteiger partial charge on any atom is 0.0591 e. The molecule has 2 N–H and O–H groups in total. The van der Waals surface area contributed by atoms with Gasteiger partial charge in [-0.2, -0.15) is 0 Å². The Balaban J connectivity index is 1.83. The first-order valence-electron chi connectivity index (χ1n) is 4.01. The summed E-state index contributed by atoms with van der Waals surface area (Å²) in [6.07, 6.45) is 1.16. The van der Waals surface area contributed by atoms with Gasteiger partial charge in [0.15, 0.2) is 0 Å². The van der Waals surface area contributed by atoms with Crippen LogP contribution < -0.4 is 10.6 Å². The minimum atomic E-state index is 0.681. The summed E-state index contributed by atoms with van der Waals surface area (Å²) in [5.41, 5.74) is 0. The zero-order valence-electron chi connectivity index (χ0n) is 6.10. The topological polar surface area (TPSA) is 33.3 Å². The minimum Gasteiger partial charge on any atom is -0.380 e. The van der Waals surface area contributed by atoms with E-state index in [2.05, 4.69) is 10.6 Å². The highest BCUT2D eigenvalue weighted by atomic mass is 16.5. The van der Waals surface area contributed by atoms with Crippen LogP contribution >= 0.6 is 0 Å². The monoisotopic (exact) mass is 142 g/mol. The van der Waals surface area contributed by atoms with Crippen LogP contribution in [0.15, 0.2) is 0 Å². The van der Waals surface area contributed by atoms with Gasteiger partial charge in [-0.25, -0.2) is 0 Å². The predicted octanol–water partition coefficient (Wildman–Crippen LogP) is -0.663. The van der Waals surface area contributed by atoms with E-state index < -0.39 is 0 Å². The van der Waals surface area contributed by atoms with Crippen molar-refractivity contribution in [3.8, 4) is 0 Å². The van der Waals surface area contributed by atoms with Gasteiger partial charge >= 0.3 is 0 Å². The molecular formula is C7H14N2O. The summed E-state index contributed by atoms with van der Waals surface area (Å²) >= 11 is 0. The normalized spacial score (nSPS) is 40.8. The Morgan fingerprint density at radius 1 is 1.10 bits per heavy atom. The van der Waals surface area contributed by atoms with Gasteiger partial charge in [0, 0.05) is 31.8 Å². The maximum atomic E-state index is 5.32. The first-order valence-corrected chi connectivity index (χ1v) is 4.01. The van der Waals surface area contributed by atoms with E-state index in [0.717, 1.165) is 38.8 Å². The highest BCUT2D eigenvalue weighted by Gasteiger charge is 2.29. The lowest BCUT2D eigenvalue weighted by Crippen LogP contribution is -2.65. The van der Waals surface area contributed by atoms with Crippen molar-refractivity contribution >= 4 is 0 Å². The van der Waals surface area contributed by atoms with Crippen LogP contribution in [0.2, 0.25) is 0 Å². The van der Waals surface area contributed by atoms with E-state index in [1.165, 1.54) is 0 Å². The van der Waals surface area contributed by atoms with Crippen molar-refractivity contribution < 1.29 is 4.74 Å². The van der Waals surface area contributed by atoms with Crippen LogP contribution in [-0.4, -0.2) is 38.4 Å². The largest absolute Gasteiger partial charge is 0.380 e. The standard InChI is InChI=1S/C7H14N2O/c1-3-10-4-2-8-7-5-9-6(1)7/h6-9H,1-5H2. The summed E-state index contributed by atoms with van der Waals surface area (Å²) in [5.74, 6) is 0. The van der Waals surface area contributed by atoms with Crippen LogP contribution in [0, 0.1) is 0 Å². The molecule has 2 atom stereocenters. The van der Waals surface area contributed by atoms with Crippen LogP contribution in [0.25, 0.3) is 0 Å². The molecule has 3 nitrogen and oxygen atoms in total. The van der Waals surface area contributed by atoms with Gasteiger partial charge in [-0.3, -0.25) is 0 Å². The number of fused-ring (bicyclic) bond motifs is 1. The van der Waals surface area contributed by atoms with E-state index in [0.29, 0.717) is 6.04 Å². The van der Waals surface area contributed by atoms with Gasteiger partial charge in [-0.1, -0.05) is 0 Å². The molecule has 2 heterocycles. The summed E-state index contributed by atoms with van der Waals surface area (Å²) in [6.45, 7) is 3.96. The Morgan fingerprint density at radius 2 is 2.10 bits per heavy atom. The molecular weight excluding hydrogens is 128 g/mol. The zero-order valence-corrected chi connectivity index (χ0v) is 6.10. The van der Waals surface area contributed by atoms with Crippen LogP contribution in [0.5, 0.6) is 0 Å². The van der Waals surface area contributed by atoms with Crippen molar-refractivity contribution in [2.75, 3.05) is 26.3 Å². The SMILES string of the molecule is C1COCCC2NCC2N1. The summed E-state index contributed by atoms with van der Waals surface area (Å²) < 4.78 is 5.32. The molecule has 2 aliphatic heterocycles. The molecule has 0 radical (unpaired) electrons. The summed E-state index contributed by atoms with van der Waals surface area (Å²) in [4.78, 5) is 0.